The third kappa shape index (κ3) is 11.4. The first kappa shape index (κ1) is 55.5. The normalized spacial score (nSPS) is 24.1. The second-order valence-electron chi connectivity index (χ2n) is 24.0. The Hall–Kier alpha value is -7.04. The van der Waals surface area contributed by atoms with Gasteiger partial charge in [-0.25, -0.2) is 13.1 Å². The van der Waals surface area contributed by atoms with Crippen molar-refractivity contribution in [2.45, 2.75) is 126 Å². The van der Waals surface area contributed by atoms with Crippen LogP contribution in [0.25, 0.3) is 11.0 Å². The summed E-state index contributed by atoms with van der Waals surface area (Å²) in [6, 6.07) is 25.9. The van der Waals surface area contributed by atoms with Crippen molar-refractivity contribution < 1.29 is 42.2 Å². The summed E-state index contributed by atoms with van der Waals surface area (Å²) in [5.41, 5.74) is 4.16. The number of sulfonamides is 1. The Bertz CT molecular complexity index is 3420. The van der Waals surface area contributed by atoms with Crippen LogP contribution in [0.2, 0.25) is 0 Å². The third-order valence-corrected chi connectivity index (χ3v) is 19.4. The van der Waals surface area contributed by atoms with Gasteiger partial charge < -0.3 is 44.2 Å². The highest BCUT2D eigenvalue weighted by atomic mass is 32.2. The van der Waals surface area contributed by atoms with E-state index in [2.05, 4.69) is 72.7 Å². The zero-order chi connectivity index (χ0) is 56.9. The van der Waals surface area contributed by atoms with Gasteiger partial charge in [-0.05, 0) is 151 Å². The van der Waals surface area contributed by atoms with Crippen molar-refractivity contribution in [3.8, 4) is 17.4 Å². The van der Waals surface area contributed by atoms with Gasteiger partial charge in [0, 0.05) is 87.4 Å². The standard InChI is InChI=1S/C61H74N10O10S/c1-39(2)80-55-8-6-5-7-47(55)54-37-67(36-42-9-11-45(78-4)35-63-42)26-27-69(54)44-32-61(33-44)21-24-68(25-22-61)43-10-13-48(51(30-43)70-50-18-28-79-38-56(50)81-59-53(70)29-41-17-23-62-57(41)65-59)58(72)66-82(76,77)46-12-14-49(52(31-46)71(74)75)64-34-40-15-19-60(3,73)20-16-40/h5-14,17,23,29-31,35,39-40,44,50,54,56,64,73H,15-16,18-22,24-28,32-34,36-38H2,1-4H3,(H,62,65)(H,66,72)/t40-,50-,54+,56-,60-/m0/s1. The summed E-state index contributed by atoms with van der Waals surface area (Å²) in [6.07, 6.45) is 10.7. The molecular formula is C61H74N10O10S. The van der Waals surface area contributed by atoms with Crippen molar-refractivity contribution in [3.05, 3.63) is 124 Å². The van der Waals surface area contributed by atoms with Crippen LogP contribution < -0.4 is 34.0 Å². The Morgan fingerprint density at radius 3 is 2.52 bits per heavy atom. The molecule has 7 heterocycles. The fourth-order valence-electron chi connectivity index (χ4n) is 13.5. The fraction of sp³-hybridized carbons (Fsp3) is 0.492. The first-order chi connectivity index (χ1) is 39.5. The molecule has 2 aliphatic carbocycles. The molecule has 5 fully saturated rings. The predicted octanol–water partition coefficient (Wildman–Crippen LogP) is 9.13. The minimum Gasteiger partial charge on any atom is -0.495 e. The van der Waals surface area contributed by atoms with E-state index in [1.54, 1.807) is 25.6 Å². The molecule has 12 rings (SSSR count). The van der Waals surface area contributed by atoms with Crippen molar-refractivity contribution in [1.82, 2.24) is 29.5 Å². The van der Waals surface area contributed by atoms with Gasteiger partial charge in [0.25, 0.3) is 21.6 Å². The zero-order valence-electron chi connectivity index (χ0n) is 47.1. The van der Waals surface area contributed by atoms with Gasteiger partial charge in [0.05, 0.1) is 70.5 Å². The van der Waals surface area contributed by atoms with E-state index in [1.807, 2.05) is 43.3 Å². The van der Waals surface area contributed by atoms with Crippen molar-refractivity contribution in [3.63, 3.8) is 0 Å². The summed E-state index contributed by atoms with van der Waals surface area (Å²) < 4.78 is 55.2. The van der Waals surface area contributed by atoms with Crippen LogP contribution in [-0.2, 0) is 21.3 Å². The van der Waals surface area contributed by atoms with E-state index in [-0.39, 0.29) is 47.4 Å². The molecule has 1 spiro atoms. The molecule has 21 heteroatoms. The number of aromatic amines is 1. The molecule has 4 aliphatic heterocycles. The number of carbonyl (C=O) groups excluding carboxylic acids is 1. The molecule has 0 radical (unpaired) electrons. The van der Waals surface area contributed by atoms with E-state index in [1.165, 1.54) is 17.7 Å². The van der Waals surface area contributed by atoms with Crippen LogP contribution in [0.15, 0.2) is 102 Å². The number of rotatable bonds is 16. The number of pyridine rings is 2. The predicted molar refractivity (Wildman–Crippen MR) is 312 cm³/mol. The highest BCUT2D eigenvalue weighted by molar-refractivity contribution is 7.90. The molecule has 3 aromatic carbocycles. The second-order valence-corrected chi connectivity index (χ2v) is 25.7. The Morgan fingerprint density at radius 1 is 0.963 bits per heavy atom. The van der Waals surface area contributed by atoms with E-state index < -0.39 is 43.1 Å². The Kier molecular flexibility index (Phi) is 15.3. The number of carbonyl (C=O) groups is 1. The van der Waals surface area contributed by atoms with E-state index in [9.17, 15) is 28.4 Å². The number of nitro benzene ring substituents is 1. The van der Waals surface area contributed by atoms with Crippen molar-refractivity contribution in [2.75, 3.05) is 74.7 Å². The maximum absolute atomic E-state index is 14.8. The van der Waals surface area contributed by atoms with Crippen molar-refractivity contribution in [1.29, 1.82) is 0 Å². The van der Waals surface area contributed by atoms with Crippen LogP contribution in [0.4, 0.5) is 28.4 Å². The van der Waals surface area contributed by atoms with Crippen LogP contribution in [0.5, 0.6) is 17.4 Å². The number of methoxy groups -OCH3 is 1. The minimum absolute atomic E-state index is 0.0373. The van der Waals surface area contributed by atoms with Crippen molar-refractivity contribution >= 4 is 55.4 Å². The lowest BCUT2D eigenvalue weighted by molar-refractivity contribution is -0.384. The Morgan fingerprint density at radius 2 is 1.77 bits per heavy atom. The molecule has 6 aliphatic rings. The number of amides is 1. The smallest absolute Gasteiger partial charge is 0.293 e. The first-order valence-corrected chi connectivity index (χ1v) is 30.4. The van der Waals surface area contributed by atoms with E-state index in [0.717, 1.165) is 112 Å². The molecule has 0 unspecified atom stereocenters. The van der Waals surface area contributed by atoms with Gasteiger partial charge in [-0.15, -0.1) is 0 Å². The summed E-state index contributed by atoms with van der Waals surface area (Å²) in [5.74, 6) is 1.33. The Labute approximate surface area is 478 Å². The molecule has 4 N–H and O–H groups in total. The van der Waals surface area contributed by atoms with Gasteiger partial charge in [0.15, 0.2) is 0 Å². The van der Waals surface area contributed by atoms with Gasteiger partial charge in [-0.3, -0.25) is 29.7 Å². The number of anilines is 4. The number of piperazine rings is 1. The first-order valence-electron chi connectivity index (χ1n) is 29.0. The zero-order valence-corrected chi connectivity index (χ0v) is 47.9. The number of aliphatic hydroxyl groups is 1. The van der Waals surface area contributed by atoms with Crippen LogP contribution >= 0.6 is 0 Å². The van der Waals surface area contributed by atoms with Crippen LogP contribution in [0.3, 0.4) is 0 Å². The number of aromatic nitrogens is 3. The Balaban J connectivity index is 0.798. The number of H-pyrrole nitrogens is 1. The number of benzene rings is 3. The number of para-hydroxylation sites is 1. The van der Waals surface area contributed by atoms with Crippen LogP contribution in [0, 0.1) is 21.4 Å². The molecule has 3 saturated heterocycles. The maximum Gasteiger partial charge on any atom is 0.293 e. The number of fused-ring (bicyclic) bond motifs is 3. The van der Waals surface area contributed by atoms with Gasteiger partial charge in [0.1, 0.15) is 34.6 Å². The monoisotopic (exact) mass is 1140 g/mol. The molecule has 434 valence electrons. The fourth-order valence-corrected chi connectivity index (χ4v) is 14.5. The van der Waals surface area contributed by atoms with E-state index in [0.29, 0.717) is 61.4 Å². The van der Waals surface area contributed by atoms with Gasteiger partial charge in [-0.1, -0.05) is 18.2 Å². The van der Waals surface area contributed by atoms with Gasteiger partial charge >= 0.3 is 0 Å². The van der Waals surface area contributed by atoms with E-state index >= 15 is 0 Å². The van der Waals surface area contributed by atoms with Crippen molar-refractivity contribution in [2.24, 2.45) is 11.3 Å². The largest absolute Gasteiger partial charge is 0.495 e. The molecular weight excluding hydrogens is 1060 g/mol. The van der Waals surface area contributed by atoms with Crippen LogP contribution in [0.1, 0.15) is 106 Å². The number of hydrogen-bond acceptors (Lipinski definition) is 17. The average Bonchev–Trinajstić information content (AvgIpc) is 2.79. The molecule has 0 bridgehead atoms. The maximum atomic E-state index is 14.8. The molecule has 6 aromatic rings. The topological polar surface area (TPSA) is 230 Å². The minimum atomic E-state index is -4.65. The molecule has 3 aromatic heterocycles. The molecule has 2 saturated carbocycles. The van der Waals surface area contributed by atoms with Gasteiger partial charge in [0.2, 0.25) is 5.88 Å². The van der Waals surface area contributed by atoms with E-state index in [4.69, 9.17) is 28.9 Å². The molecule has 82 heavy (non-hydrogen) atoms. The third-order valence-electron chi connectivity index (χ3n) is 18.1. The molecule has 3 atom stereocenters. The summed E-state index contributed by atoms with van der Waals surface area (Å²) in [5, 5.41) is 26.9. The second kappa shape index (κ2) is 22.6. The quantitative estimate of drug-likeness (QED) is 0.0523. The lowest BCUT2D eigenvalue weighted by Gasteiger charge is -2.58. The molecule has 20 nitrogen and oxygen atoms in total. The molecule has 1 amide bonds. The highest BCUT2D eigenvalue weighted by Gasteiger charge is 2.51. The number of nitro groups is 1. The van der Waals surface area contributed by atoms with Crippen LogP contribution in [-0.4, -0.2) is 139 Å². The lowest BCUT2D eigenvalue weighted by Crippen LogP contribution is -2.59. The number of hydrogen-bond donors (Lipinski definition) is 4. The summed E-state index contributed by atoms with van der Waals surface area (Å²) >= 11 is 0. The SMILES string of the molecule is COc1ccc(CN2CCN(C3CC4(CCN(c5ccc(C(=O)NS(=O)(=O)c6ccc(NC[C@H]7CC[C@](C)(O)CC7)c([N+](=O)[O-])c6)c(N6c7cc8cc[nH]c8nc7O[C@H]7COCC[C@@H]76)c5)CC4)C3)[C@@H](c3ccccc3OC(C)C)C2)nc1. The number of piperidine rings is 1. The van der Waals surface area contributed by atoms with Gasteiger partial charge in [-0.2, -0.15) is 4.98 Å². The number of nitrogens with zero attached hydrogens (tertiary/aromatic N) is 7. The average molecular weight is 1140 g/mol. The summed E-state index contributed by atoms with van der Waals surface area (Å²) in [4.78, 5) is 48.7. The summed E-state index contributed by atoms with van der Waals surface area (Å²) in [6.45, 7) is 12.2. The lowest BCUT2D eigenvalue weighted by atomic mass is 9.59. The summed E-state index contributed by atoms with van der Waals surface area (Å²) in [7, 11) is -2.99. The highest BCUT2D eigenvalue weighted by Crippen LogP contribution is 2.54. The number of ether oxygens (including phenoxy) is 4. The number of nitrogens with one attached hydrogen (secondary N) is 3.